The SMILES string of the molecule is CCCCCCCCCCc1c(C(=O)O)ccc(-c2ccc(C(=O)O)cc2)c1CCCCCCCCCC. The van der Waals surface area contributed by atoms with E-state index in [0.29, 0.717) is 5.56 Å². The lowest BCUT2D eigenvalue weighted by Crippen LogP contribution is -2.08. The van der Waals surface area contributed by atoms with Gasteiger partial charge in [0, 0.05) is 0 Å². The Labute approximate surface area is 230 Å². The van der Waals surface area contributed by atoms with E-state index >= 15 is 0 Å². The lowest BCUT2D eigenvalue weighted by molar-refractivity contribution is 0.0685. The average Bonchev–Trinajstić information content (AvgIpc) is 2.91. The van der Waals surface area contributed by atoms with E-state index in [1.165, 1.54) is 77.0 Å². The Hall–Kier alpha value is -2.62. The predicted octanol–water partition coefficient (Wildman–Crippen LogP) is 10.1. The van der Waals surface area contributed by atoms with Crippen LogP contribution in [-0.2, 0) is 12.8 Å². The van der Waals surface area contributed by atoms with Crippen LogP contribution in [0, 0.1) is 0 Å². The van der Waals surface area contributed by atoms with Crippen LogP contribution < -0.4 is 0 Å². The molecule has 0 saturated carbocycles. The minimum absolute atomic E-state index is 0.264. The molecule has 0 radical (unpaired) electrons. The third kappa shape index (κ3) is 11.0. The van der Waals surface area contributed by atoms with Crippen LogP contribution in [0.15, 0.2) is 36.4 Å². The molecule has 38 heavy (non-hydrogen) atoms. The summed E-state index contributed by atoms with van der Waals surface area (Å²) in [6.45, 7) is 4.48. The van der Waals surface area contributed by atoms with Crippen molar-refractivity contribution in [3.8, 4) is 11.1 Å². The van der Waals surface area contributed by atoms with Gasteiger partial charge in [0.05, 0.1) is 11.1 Å². The largest absolute Gasteiger partial charge is 0.478 e. The summed E-state index contributed by atoms with van der Waals surface area (Å²) >= 11 is 0. The van der Waals surface area contributed by atoms with Gasteiger partial charge in [0.2, 0.25) is 0 Å². The first-order valence-corrected chi connectivity index (χ1v) is 15.2. The average molecular weight is 523 g/mol. The van der Waals surface area contributed by atoms with Gasteiger partial charge in [-0.1, -0.05) is 122 Å². The van der Waals surface area contributed by atoms with Crippen LogP contribution in [-0.4, -0.2) is 22.2 Å². The van der Waals surface area contributed by atoms with E-state index in [4.69, 9.17) is 0 Å². The molecule has 0 aliphatic carbocycles. The highest BCUT2D eigenvalue weighted by atomic mass is 16.4. The van der Waals surface area contributed by atoms with E-state index in [1.807, 2.05) is 18.2 Å². The van der Waals surface area contributed by atoms with Gasteiger partial charge in [-0.25, -0.2) is 9.59 Å². The van der Waals surface area contributed by atoms with Crippen molar-refractivity contribution in [3.63, 3.8) is 0 Å². The highest BCUT2D eigenvalue weighted by molar-refractivity contribution is 5.92. The van der Waals surface area contributed by atoms with Crippen molar-refractivity contribution in [2.45, 2.75) is 129 Å². The Morgan fingerprint density at radius 1 is 0.526 bits per heavy atom. The van der Waals surface area contributed by atoms with Crippen molar-refractivity contribution in [2.24, 2.45) is 0 Å². The van der Waals surface area contributed by atoms with Crippen LogP contribution >= 0.6 is 0 Å². The summed E-state index contributed by atoms with van der Waals surface area (Å²) in [4.78, 5) is 23.6. The molecular formula is C34H50O4. The maximum Gasteiger partial charge on any atom is 0.335 e. The summed E-state index contributed by atoms with van der Waals surface area (Å²) < 4.78 is 0. The van der Waals surface area contributed by atoms with Gasteiger partial charge < -0.3 is 10.2 Å². The van der Waals surface area contributed by atoms with E-state index in [-0.39, 0.29) is 5.56 Å². The van der Waals surface area contributed by atoms with Crippen LogP contribution in [0.4, 0.5) is 0 Å². The zero-order valence-corrected chi connectivity index (χ0v) is 23.9. The number of carboxylic acid groups (broad SMARTS) is 2. The fourth-order valence-corrected chi connectivity index (χ4v) is 5.40. The molecule has 2 aromatic rings. The molecule has 0 fully saturated rings. The molecule has 0 aromatic heterocycles. The first kappa shape index (κ1) is 31.6. The molecule has 4 heteroatoms. The molecule has 2 aromatic carbocycles. The molecule has 2 rings (SSSR count). The monoisotopic (exact) mass is 522 g/mol. The van der Waals surface area contributed by atoms with Gasteiger partial charge in [-0.3, -0.25) is 0 Å². The fraction of sp³-hybridized carbons (Fsp3) is 0.588. The van der Waals surface area contributed by atoms with Gasteiger partial charge in [-0.05, 0) is 66.1 Å². The zero-order valence-electron chi connectivity index (χ0n) is 23.9. The van der Waals surface area contributed by atoms with Gasteiger partial charge in [0.15, 0.2) is 0 Å². The Balaban J connectivity index is 2.18. The zero-order chi connectivity index (χ0) is 27.6. The van der Waals surface area contributed by atoms with Gasteiger partial charge in [0.1, 0.15) is 0 Å². The summed E-state index contributed by atoms with van der Waals surface area (Å²) in [5.41, 5.74) is 4.81. The van der Waals surface area contributed by atoms with Crippen molar-refractivity contribution in [2.75, 3.05) is 0 Å². The molecule has 0 atom stereocenters. The first-order valence-electron chi connectivity index (χ1n) is 15.2. The summed E-state index contributed by atoms with van der Waals surface area (Å²) in [5, 5.41) is 19.3. The van der Waals surface area contributed by atoms with E-state index < -0.39 is 11.9 Å². The predicted molar refractivity (Wildman–Crippen MR) is 158 cm³/mol. The van der Waals surface area contributed by atoms with Crippen molar-refractivity contribution in [1.82, 2.24) is 0 Å². The molecular weight excluding hydrogens is 472 g/mol. The summed E-state index contributed by atoms with van der Waals surface area (Å²) in [5.74, 6) is -1.79. The molecule has 0 saturated heterocycles. The molecule has 4 nitrogen and oxygen atoms in total. The number of hydrogen-bond donors (Lipinski definition) is 2. The molecule has 0 spiro atoms. The minimum atomic E-state index is -0.938. The van der Waals surface area contributed by atoms with E-state index in [2.05, 4.69) is 13.8 Å². The summed E-state index contributed by atoms with van der Waals surface area (Å²) in [6.07, 6.45) is 21.3. The van der Waals surface area contributed by atoms with E-state index in [1.54, 1.807) is 18.2 Å². The van der Waals surface area contributed by atoms with Gasteiger partial charge in [-0.15, -0.1) is 0 Å². The smallest absolute Gasteiger partial charge is 0.335 e. The third-order valence-electron chi connectivity index (χ3n) is 7.67. The number of rotatable bonds is 21. The normalized spacial score (nSPS) is 11.1. The Morgan fingerprint density at radius 3 is 1.42 bits per heavy atom. The molecule has 0 aliphatic heterocycles. The lowest BCUT2D eigenvalue weighted by Gasteiger charge is -2.18. The molecule has 210 valence electrons. The maximum atomic E-state index is 12.2. The first-order chi connectivity index (χ1) is 18.5. The fourth-order valence-electron chi connectivity index (χ4n) is 5.40. The Morgan fingerprint density at radius 2 is 0.974 bits per heavy atom. The quantitative estimate of drug-likeness (QED) is 0.160. The number of carbonyl (C=O) groups is 2. The minimum Gasteiger partial charge on any atom is -0.478 e. The van der Waals surface area contributed by atoms with Crippen molar-refractivity contribution >= 4 is 11.9 Å². The van der Waals surface area contributed by atoms with Crippen LogP contribution in [0.3, 0.4) is 0 Å². The van der Waals surface area contributed by atoms with Crippen molar-refractivity contribution in [3.05, 3.63) is 58.7 Å². The van der Waals surface area contributed by atoms with Crippen LogP contribution in [0.2, 0.25) is 0 Å². The van der Waals surface area contributed by atoms with Gasteiger partial charge in [-0.2, -0.15) is 0 Å². The van der Waals surface area contributed by atoms with Gasteiger partial charge >= 0.3 is 11.9 Å². The second-order valence-electron chi connectivity index (χ2n) is 10.8. The molecule has 2 N–H and O–H groups in total. The van der Waals surface area contributed by atoms with Crippen molar-refractivity contribution < 1.29 is 19.8 Å². The van der Waals surface area contributed by atoms with Crippen molar-refractivity contribution in [1.29, 1.82) is 0 Å². The lowest BCUT2D eigenvalue weighted by atomic mass is 9.86. The molecule has 0 unspecified atom stereocenters. The topological polar surface area (TPSA) is 74.6 Å². The number of unbranched alkanes of at least 4 members (excludes halogenated alkanes) is 14. The second-order valence-corrected chi connectivity index (χ2v) is 10.8. The summed E-state index contributed by atoms with van der Waals surface area (Å²) in [7, 11) is 0. The number of hydrogen-bond acceptors (Lipinski definition) is 2. The number of carboxylic acids is 2. The second kappa shape index (κ2) is 18.6. The van der Waals surface area contributed by atoms with Crippen LogP contribution in [0.1, 0.15) is 148 Å². The van der Waals surface area contributed by atoms with Gasteiger partial charge in [0.25, 0.3) is 0 Å². The third-order valence-corrected chi connectivity index (χ3v) is 7.67. The van der Waals surface area contributed by atoms with E-state index in [9.17, 15) is 19.8 Å². The molecule has 0 heterocycles. The van der Waals surface area contributed by atoms with Crippen LogP contribution in [0.5, 0.6) is 0 Å². The highest BCUT2D eigenvalue weighted by Crippen LogP contribution is 2.32. The highest BCUT2D eigenvalue weighted by Gasteiger charge is 2.18. The van der Waals surface area contributed by atoms with Crippen LogP contribution in [0.25, 0.3) is 11.1 Å². The molecule has 0 bridgehead atoms. The Bertz CT molecular complexity index is 961. The standard InChI is InChI=1S/C34H50O4/c1-3-5-7-9-11-13-15-17-19-30-29(27-21-23-28(24-22-27)33(35)36)25-26-32(34(37)38)31(30)20-18-16-14-12-10-8-6-4-2/h21-26H,3-20H2,1-2H3,(H,35,36)(H,37,38). The Kier molecular flexibility index (Phi) is 15.5. The summed E-state index contributed by atoms with van der Waals surface area (Å²) in [6, 6.07) is 10.7. The number of aromatic carboxylic acids is 2. The number of benzene rings is 2. The van der Waals surface area contributed by atoms with E-state index in [0.717, 1.165) is 60.8 Å². The maximum absolute atomic E-state index is 12.2. The molecule has 0 amide bonds. The molecule has 0 aliphatic rings.